The van der Waals surface area contributed by atoms with Gasteiger partial charge in [-0.3, -0.25) is 24.6 Å². The van der Waals surface area contributed by atoms with Crippen LogP contribution in [0.3, 0.4) is 0 Å². The highest BCUT2D eigenvalue weighted by atomic mass is 16.6. The summed E-state index contributed by atoms with van der Waals surface area (Å²) in [6, 6.07) is 19.5. The Bertz CT molecular complexity index is 1250. The molecule has 0 aromatic heterocycles. The zero-order chi connectivity index (χ0) is 22.8. The van der Waals surface area contributed by atoms with Crippen molar-refractivity contribution in [3.8, 4) is 5.75 Å². The molecule has 0 spiro atoms. The van der Waals surface area contributed by atoms with E-state index in [1.165, 1.54) is 30.2 Å². The third-order valence-electron chi connectivity index (χ3n) is 5.23. The second kappa shape index (κ2) is 8.35. The Hall–Kier alpha value is -4.46. The maximum absolute atomic E-state index is 13.2. The van der Waals surface area contributed by atoms with Crippen molar-refractivity contribution in [1.82, 2.24) is 0 Å². The maximum Gasteiger partial charge on any atom is 0.300 e. The normalized spacial score (nSPS) is 17.4. The number of Topliss-reactive ketones (excluding diaryl/α,β-unsaturated/α-hetero) is 1. The molecule has 3 aromatic carbocycles. The highest BCUT2D eigenvalue weighted by Gasteiger charge is 2.48. The number of ether oxygens (including phenoxy) is 1. The Morgan fingerprint density at radius 3 is 2.38 bits per heavy atom. The van der Waals surface area contributed by atoms with Crippen LogP contribution >= 0.6 is 0 Å². The minimum Gasteiger partial charge on any atom is -0.507 e. The standard InChI is InChI=1S/C24H18N2O6/c1-32-19-13-6-5-12-18(19)25-21(16-10-7-11-17(14-16)26(30)31)20(23(28)24(25)29)22(27)15-8-3-2-4-9-15/h2-14,21,27H,1H3. The fourth-order valence-corrected chi connectivity index (χ4v) is 3.79. The van der Waals surface area contributed by atoms with Gasteiger partial charge in [-0.1, -0.05) is 54.6 Å². The van der Waals surface area contributed by atoms with E-state index in [9.17, 15) is 24.8 Å². The number of non-ortho nitro benzene ring substituents is 1. The van der Waals surface area contributed by atoms with Crippen LogP contribution in [0.4, 0.5) is 11.4 Å². The van der Waals surface area contributed by atoms with Gasteiger partial charge in [0.25, 0.3) is 17.4 Å². The maximum atomic E-state index is 13.2. The van der Waals surface area contributed by atoms with Crippen molar-refractivity contribution < 1.29 is 24.4 Å². The number of hydrogen-bond acceptors (Lipinski definition) is 6. The molecule has 0 bridgehead atoms. The van der Waals surface area contributed by atoms with Crippen LogP contribution in [0, 0.1) is 10.1 Å². The average Bonchev–Trinajstić information content (AvgIpc) is 3.09. The van der Waals surface area contributed by atoms with Gasteiger partial charge in [-0.2, -0.15) is 0 Å². The lowest BCUT2D eigenvalue weighted by atomic mass is 9.94. The summed E-state index contributed by atoms with van der Waals surface area (Å²) in [6.07, 6.45) is 0. The predicted octanol–water partition coefficient (Wildman–Crippen LogP) is 4.23. The summed E-state index contributed by atoms with van der Waals surface area (Å²) in [5, 5.41) is 22.4. The summed E-state index contributed by atoms with van der Waals surface area (Å²) in [5.41, 5.74) is 0.601. The van der Waals surface area contributed by atoms with Gasteiger partial charge in [0, 0.05) is 17.7 Å². The monoisotopic (exact) mass is 430 g/mol. The molecule has 8 heteroatoms. The van der Waals surface area contributed by atoms with Crippen molar-refractivity contribution in [2.24, 2.45) is 0 Å². The third kappa shape index (κ3) is 3.47. The van der Waals surface area contributed by atoms with Crippen LogP contribution in [-0.2, 0) is 9.59 Å². The molecule has 3 aromatic rings. The largest absolute Gasteiger partial charge is 0.507 e. The van der Waals surface area contributed by atoms with Crippen molar-refractivity contribution in [3.05, 3.63) is 106 Å². The number of carbonyl (C=O) groups is 2. The smallest absolute Gasteiger partial charge is 0.300 e. The molecule has 1 N–H and O–H groups in total. The van der Waals surface area contributed by atoms with Gasteiger partial charge in [-0.05, 0) is 17.7 Å². The minimum atomic E-state index is -1.09. The first-order valence-electron chi connectivity index (χ1n) is 9.68. The van der Waals surface area contributed by atoms with Crippen molar-refractivity contribution in [2.45, 2.75) is 6.04 Å². The van der Waals surface area contributed by atoms with E-state index in [0.29, 0.717) is 22.6 Å². The van der Waals surface area contributed by atoms with E-state index in [1.807, 2.05) is 0 Å². The molecule has 1 aliphatic heterocycles. The van der Waals surface area contributed by atoms with Crippen molar-refractivity contribution in [1.29, 1.82) is 0 Å². The zero-order valence-electron chi connectivity index (χ0n) is 17.0. The number of methoxy groups -OCH3 is 1. The second-order valence-electron chi connectivity index (χ2n) is 7.06. The quantitative estimate of drug-likeness (QED) is 0.213. The summed E-state index contributed by atoms with van der Waals surface area (Å²) in [4.78, 5) is 38.3. The average molecular weight is 430 g/mol. The van der Waals surface area contributed by atoms with E-state index >= 15 is 0 Å². The Labute approximate surface area is 183 Å². The summed E-state index contributed by atoms with van der Waals surface area (Å²) in [6.45, 7) is 0. The molecule has 1 amide bonds. The number of amides is 1. The molecule has 1 fully saturated rings. The molecule has 0 saturated carbocycles. The van der Waals surface area contributed by atoms with Crippen LogP contribution in [0.5, 0.6) is 5.75 Å². The second-order valence-corrected chi connectivity index (χ2v) is 7.06. The number of nitro benzene ring substituents is 1. The fraction of sp³-hybridized carbons (Fsp3) is 0.0833. The van der Waals surface area contributed by atoms with E-state index in [0.717, 1.165) is 0 Å². The number of benzene rings is 3. The van der Waals surface area contributed by atoms with Crippen LogP contribution in [-0.4, -0.2) is 28.8 Å². The molecule has 160 valence electrons. The lowest BCUT2D eigenvalue weighted by Crippen LogP contribution is -2.29. The first kappa shape index (κ1) is 20.8. The van der Waals surface area contributed by atoms with Crippen LogP contribution in [0.15, 0.2) is 84.4 Å². The van der Waals surface area contributed by atoms with E-state index < -0.39 is 22.7 Å². The molecular weight excluding hydrogens is 412 g/mol. The van der Waals surface area contributed by atoms with Gasteiger partial charge >= 0.3 is 0 Å². The topological polar surface area (TPSA) is 110 Å². The molecule has 1 aliphatic rings. The minimum absolute atomic E-state index is 0.160. The predicted molar refractivity (Wildman–Crippen MR) is 117 cm³/mol. The van der Waals surface area contributed by atoms with Gasteiger partial charge in [0.05, 0.1) is 29.3 Å². The molecule has 4 rings (SSSR count). The van der Waals surface area contributed by atoms with Gasteiger partial charge in [0.2, 0.25) is 0 Å². The van der Waals surface area contributed by atoms with Crippen LogP contribution in [0.25, 0.3) is 5.76 Å². The van der Waals surface area contributed by atoms with Crippen molar-refractivity contribution in [3.63, 3.8) is 0 Å². The molecular formula is C24H18N2O6. The summed E-state index contributed by atoms with van der Waals surface area (Å²) < 4.78 is 5.38. The van der Waals surface area contributed by atoms with E-state index in [2.05, 4.69) is 0 Å². The number of ketones is 1. The van der Waals surface area contributed by atoms with E-state index in [1.54, 1.807) is 60.7 Å². The fourth-order valence-electron chi connectivity index (χ4n) is 3.79. The first-order chi connectivity index (χ1) is 15.4. The van der Waals surface area contributed by atoms with Gasteiger partial charge in [-0.25, -0.2) is 0 Å². The highest BCUT2D eigenvalue weighted by molar-refractivity contribution is 6.51. The number of anilines is 1. The zero-order valence-corrected chi connectivity index (χ0v) is 17.0. The van der Waals surface area contributed by atoms with Crippen LogP contribution in [0.2, 0.25) is 0 Å². The number of aliphatic hydroxyl groups is 1. The van der Waals surface area contributed by atoms with Gasteiger partial charge in [0.15, 0.2) is 0 Å². The first-order valence-corrected chi connectivity index (χ1v) is 9.68. The lowest BCUT2D eigenvalue weighted by molar-refractivity contribution is -0.384. The number of rotatable bonds is 5. The van der Waals surface area contributed by atoms with E-state index in [4.69, 9.17) is 4.74 Å². The lowest BCUT2D eigenvalue weighted by Gasteiger charge is -2.26. The van der Waals surface area contributed by atoms with Crippen LogP contribution in [0.1, 0.15) is 17.2 Å². The Morgan fingerprint density at radius 1 is 1.00 bits per heavy atom. The van der Waals surface area contributed by atoms with Gasteiger partial charge in [-0.15, -0.1) is 0 Å². The highest BCUT2D eigenvalue weighted by Crippen LogP contribution is 2.45. The number of hydrogen-bond donors (Lipinski definition) is 1. The molecule has 8 nitrogen and oxygen atoms in total. The number of nitrogens with zero attached hydrogens (tertiary/aromatic N) is 2. The van der Waals surface area contributed by atoms with Gasteiger partial charge in [0.1, 0.15) is 11.5 Å². The molecule has 0 radical (unpaired) electrons. The summed E-state index contributed by atoms with van der Waals surface area (Å²) >= 11 is 0. The SMILES string of the molecule is COc1ccccc1N1C(=O)C(=O)C(=C(O)c2ccccc2)C1c1cccc([N+](=O)[O-])c1. The summed E-state index contributed by atoms with van der Waals surface area (Å²) in [7, 11) is 1.43. The molecule has 0 aliphatic carbocycles. The Morgan fingerprint density at radius 2 is 1.69 bits per heavy atom. The van der Waals surface area contributed by atoms with Crippen molar-refractivity contribution in [2.75, 3.05) is 12.0 Å². The molecule has 1 atom stereocenters. The third-order valence-corrected chi connectivity index (χ3v) is 5.23. The van der Waals surface area contributed by atoms with E-state index in [-0.39, 0.29) is 17.0 Å². The molecule has 1 saturated heterocycles. The van der Waals surface area contributed by atoms with Crippen LogP contribution < -0.4 is 9.64 Å². The summed E-state index contributed by atoms with van der Waals surface area (Å²) in [5.74, 6) is -1.79. The number of nitro groups is 1. The Balaban J connectivity index is 2.00. The number of para-hydroxylation sites is 2. The van der Waals surface area contributed by atoms with Crippen molar-refractivity contribution >= 4 is 28.8 Å². The number of aliphatic hydroxyl groups excluding tert-OH is 1. The molecule has 1 unspecified atom stereocenters. The van der Waals surface area contributed by atoms with Gasteiger partial charge < -0.3 is 9.84 Å². The molecule has 1 heterocycles. The number of carbonyl (C=O) groups excluding carboxylic acids is 2. The Kier molecular flexibility index (Phi) is 5.43. The molecule has 32 heavy (non-hydrogen) atoms.